The molecule has 1 amide bonds. The number of nitrogens with one attached hydrogen (secondary N) is 1. The molecule has 2 aromatic rings. The Morgan fingerprint density at radius 3 is 2.78 bits per heavy atom. The maximum absolute atomic E-state index is 12.1. The highest BCUT2D eigenvalue weighted by Gasteiger charge is 2.24. The van der Waals surface area contributed by atoms with E-state index in [-0.39, 0.29) is 17.2 Å². The predicted molar refractivity (Wildman–Crippen MR) is 102 cm³/mol. The minimum Gasteiger partial charge on any atom is -0.478 e. The van der Waals surface area contributed by atoms with E-state index in [1.54, 1.807) is 19.1 Å². The van der Waals surface area contributed by atoms with Crippen LogP contribution in [0.5, 0.6) is 0 Å². The van der Waals surface area contributed by atoms with Crippen LogP contribution >= 0.6 is 11.8 Å². The topological polar surface area (TPSA) is 122 Å². The number of hydrogen-bond acceptors (Lipinski definition) is 6. The summed E-state index contributed by atoms with van der Waals surface area (Å²) < 4.78 is 0. The Hall–Kier alpha value is -3.46. The number of carbonyl (C=O) groups is 2. The molecule has 1 saturated heterocycles. The summed E-state index contributed by atoms with van der Waals surface area (Å²) in [5.74, 6) is -1.44. The number of carbonyl (C=O) groups excluding carboxylic acids is 1. The number of carboxylic acid groups (broad SMARTS) is 1. The molecule has 3 rings (SSSR count). The van der Waals surface area contributed by atoms with Crippen molar-refractivity contribution in [2.24, 2.45) is 4.99 Å². The van der Waals surface area contributed by atoms with Crippen LogP contribution in [0.15, 0.2) is 52.4 Å². The summed E-state index contributed by atoms with van der Waals surface area (Å²) >= 11 is 1.08. The van der Waals surface area contributed by atoms with Gasteiger partial charge in [0.05, 0.1) is 21.1 Å². The maximum Gasteiger partial charge on any atom is 0.335 e. The van der Waals surface area contributed by atoms with Crippen LogP contribution in [0.4, 0.5) is 11.4 Å². The van der Waals surface area contributed by atoms with E-state index < -0.39 is 10.9 Å². The van der Waals surface area contributed by atoms with Crippen molar-refractivity contribution in [2.45, 2.75) is 6.92 Å². The standard InChI is InChI=1S/C18H13N3O5S/c1-10-5-6-12(17(23)24)9-14(10)19-18-20-16(22)15(27-18)8-11-3-2-4-13(7-11)21(25)26/h2-9H,1H3,(H,23,24)(H,19,20,22)/b15-8-. The fraction of sp³-hybridized carbons (Fsp3) is 0.0556. The zero-order valence-electron chi connectivity index (χ0n) is 14.0. The van der Waals surface area contributed by atoms with Crippen LogP contribution in [-0.4, -0.2) is 27.1 Å². The third kappa shape index (κ3) is 4.21. The number of carboxylic acids is 1. The molecule has 27 heavy (non-hydrogen) atoms. The number of amidine groups is 1. The van der Waals surface area contributed by atoms with E-state index in [0.29, 0.717) is 21.3 Å². The number of aromatic carboxylic acids is 1. The van der Waals surface area contributed by atoms with Crippen LogP contribution in [0, 0.1) is 17.0 Å². The van der Waals surface area contributed by atoms with E-state index in [4.69, 9.17) is 5.11 Å². The van der Waals surface area contributed by atoms with Gasteiger partial charge in [0.2, 0.25) is 0 Å². The lowest BCUT2D eigenvalue weighted by Gasteiger charge is -2.03. The number of amides is 1. The van der Waals surface area contributed by atoms with Crippen molar-refractivity contribution < 1.29 is 19.6 Å². The molecule has 0 spiro atoms. The van der Waals surface area contributed by atoms with Crippen molar-refractivity contribution in [3.63, 3.8) is 0 Å². The molecule has 0 bridgehead atoms. The molecule has 2 N–H and O–H groups in total. The van der Waals surface area contributed by atoms with Gasteiger partial charge in [-0.15, -0.1) is 0 Å². The second-order valence-corrected chi connectivity index (χ2v) is 6.67. The molecule has 1 heterocycles. The highest BCUT2D eigenvalue weighted by molar-refractivity contribution is 8.18. The molecule has 2 aromatic carbocycles. The maximum atomic E-state index is 12.1. The van der Waals surface area contributed by atoms with E-state index in [0.717, 1.165) is 17.3 Å². The summed E-state index contributed by atoms with van der Waals surface area (Å²) in [4.78, 5) is 38.3. The number of nitro groups is 1. The Labute approximate surface area is 157 Å². The van der Waals surface area contributed by atoms with E-state index in [9.17, 15) is 19.7 Å². The quantitative estimate of drug-likeness (QED) is 0.473. The molecule has 9 heteroatoms. The van der Waals surface area contributed by atoms with Gasteiger partial charge in [0.1, 0.15) is 0 Å². The van der Waals surface area contributed by atoms with E-state index in [1.807, 2.05) is 0 Å². The van der Waals surface area contributed by atoms with Gasteiger partial charge in [-0.2, -0.15) is 0 Å². The third-order valence-corrected chi connectivity index (χ3v) is 4.62. The first-order valence-electron chi connectivity index (χ1n) is 7.71. The van der Waals surface area contributed by atoms with Gasteiger partial charge in [-0.1, -0.05) is 18.2 Å². The largest absolute Gasteiger partial charge is 0.478 e. The monoisotopic (exact) mass is 383 g/mol. The second-order valence-electron chi connectivity index (χ2n) is 5.64. The van der Waals surface area contributed by atoms with Gasteiger partial charge in [-0.3, -0.25) is 14.9 Å². The molecule has 8 nitrogen and oxygen atoms in total. The van der Waals surface area contributed by atoms with Gasteiger partial charge in [-0.05, 0) is 48.0 Å². The van der Waals surface area contributed by atoms with Crippen LogP contribution < -0.4 is 5.32 Å². The lowest BCUT2D eigenvalue weighted by molar-refractivity contribution is -0.384. The molecule has 0 saturated carbocycles. The summed E-state index contributed by atoms with van der Waals surface area (Å²) in [6, 6.07) is 10.5. The summed E-state index contributed by atoms with van der Waals surface area (Å²) in [5, 5.41) is 22.9. The molecule has 0 aliphatic carbocycles. The SMILES string of the molecule is Cc1ccc(C(=O)O)cc1N=C1NC(=O)/C(=C/c2cccc([N+](=O)[O-])c2)S1. The van der Waals surface area contributed by atoms with Crippen LogP contribution in [-0.2, 0) is 4.79 Å². The Bertz CT molecular complexity index is 1030. The molecule has 1 fully saturated rings. The summed E-state index contributed by atoms with van der Waals surface area (Å²) in [5.41, 5.74) is 1.75. The first kappa shape index (κ1) is 18.3. The number of thioether (sulfide) groups is 1. The summed E-state index contributed by atoms with van der Waals surface area (Å²) in [7, 11) is 0. The fourth-order valence-electron chi connectivity index (χ4n) is 2.33. The van der Waals surface area contributed by atoms with Crippen LogP contribution in [0.25, 0.3) is 6.08 Å². The molecular formula is C18H13N3O5S. The molecule has 1 aliphatic heterocycles. The smallest absolute Gasteiger partial charge is 0.335 e. The minimum absolute atomic E-state index is 0.0669. The number of benzene rings is 2. The summed E-state index contributed by atoms with van der Waals surface area (Å²) in [6.07, 6.45) is 1.54. The van der Waals surface area contributed by atoms with Gasteiger partial charge in [0.25, 0.3) is 11.6 Å². The van der Waals surface area contributed by atoms with Crippen molar-refractivity contribution in [1.29, 1.82) is 0 Å². The number of hydrogen-bond donors (Lipinski definition) is 2. The predicted octanol–water partition coefficient (Wildman–Crippen LogP) is 3.49. The van der Waals surface area contributed by atoms with Gasteiger partial charge < -0.3 is 10.4 Å². The van der Waals surface area contributed by atoms with E-state index in [2.05, 4.69) is 10.3 Å². The Kier molecular flexibility index (Phi) is 5.04. The Morgan fingerprint density at radius 1 is 1.30 bits per heavy atom. The molecule has 0 unspecified atom stereocenters. The van der Waals surface area contributed by atoms with Crippen molar-refractivity contribution >= 4 is 46.3 Å². The van der Waals surface area contributed by atoms with Crippen LogP contribution in [0.3, 0.4) is 0 Å². The van der Waals surface area contributed by atoms with E-state index in [1.165, 1.54) is 36.4 Å². The third-order valence-electron chi connectivity index (χ3n) is 3.71. The zero-order valence-corrected chi connectivity index (χ0v) is 14.8. The van der Waals surface area contributed by atoms with Gasteiger partial charge in [0.15, 0.2) is 5.17 Å². The normalized spacial score (nSPS) is 16.6. The molecule has 136 valence electrons. The molecule has 1 aliphatic rings. The molecular weight excluding hydrogens is 370 g/mol. The number of rotatable bonds is 4. The number of aryl methyl sites for hydroxylation is 1. The summed E-state index contributed by atoms with van der Waals surface area (Å²) in [6.45, 7) is 1.78. The lowest BCUT2D eigenvalue weighted by Crippen LogP contribution is -2.19. The molecule has 0 radical (unpaired) electrons. The molecule has 0 atom stereocenters. The van der Waals surface area contributed by atoms with Crippen LogP contribution in [0.2, 0.25) is 0 Å². The average Bonchev–Trinajstić information content (AvgIpc) is 2.96. The van der Waals surface area contributed by atoms with Crippen molar-refractivity contribution in [3.05, 3.63) is 74.2 Å². The Balaban J connectivity index is 1.88. The lowest BCUT2D eigenvalue weighted by atomic mass is 10.1. The van der Waals surface area contributed by atoms with Gasteiger partial charge >= 0.3 is 5.97 Å². The number of nitrogens with zero attached hydrogens (tertiary/aromatic N) is 2. The first-order valence-corrected chi connectivity index (χ1v) is 8.53. The molecule has 0 aromatic heterocycles. The fourth-order valence-corrected chi connectivity index (χ4v) is 3.17. The van der Waals surface area contributed by atoms with Crippen molar-refractivity contribution in [3.8, 4) is 0 Å². The van der Waals surface area contributed by atoms with E-state index >= 15 is 0 Å². The Morgan fingerprint density at radius 2 is 2.07 bits per heavy atom. The van der Waals surface area contributed by atoms with Gasteiger partial charge in [0, 0.05) is 12.1 Å². The van der Waals surface area contributed by atoms with Crippen molar-refractivity contribution in [2.75, 3.05) is 0 Å². The number of nitro benzene ring substituents is 1. The average molecular weight is 383 g/mol. The minimum atomic E-state index is -1.06. The number of aliphatic imine (C=N–C) groups is 1. The highest BCUT2D eigenvalue weighted by Crippen LogP contribution is 2.30. The van der Waals surface area contributed by atoms with Crippen LogP contribution in [0.1, 0.15) is 21.5 Å². The zero-order chi connectivity index (χ0) is 19.6. The number of non-ortho nitro benzene ring substituents is 1. The van der Waals surface area contributed by atoms with Gasteiger partial charge in [-0.25, -0.2) is 9.79 Å². The van der Waals surface area contributed by atoms with Crippen molar-refractivity contribution in [1.82, 2.24) is 5.32 Å². The highest BCUT2D eigenvalue weighted by atomic mass is 32.2. The first-order chi connectivity index (χ1) is 12.8. The second kappa shape index (κ2) is 7.42.